The maximum absolute atomic E-state index is 12.4. The van der Waals surface area contributed by atoms with Crippen molar-refractivity contribution in [2.24, 2.45) is 0 Å². The van der Waals surface area contributed by atoms with Gasteiger partial charge in [0.05, 0.1) is 14.9 Å². The highest BCUT2D eigenvalue weighted by Gasteiger charge is 2.20. The quantitative estimate of drug-likeness (QED) is 0.732. The summed E-state index contributed by atoms with van der Waals surface area (Å²) in [6, 6.07) is 10.9. The number of benzene rings is 2. The fourth-order valence-electron chi connectivity index (χ4n) is 1.77. The molecule has 4 nitrogen and oxygen atoms in total. The molecule has 0 amide bonds. The van der Waals surface area contributed by atoms with E-state index in [2.05, 4.69) is 0 Å². The lowest BCUT2D eigenvalue weighted by Gasteiger charge is -2.17. The van der Waals surface area contributed by atoms with Gasteiger partial charge in [0.25, 0.3) is 0 Å². The number of rotatable bonds is 6. The molecule has 0 aromatic heterocycles. The van der Waals surface area contributed by atoms with Crippen molar-refractivity contribution in [1.82, 2.24) is 4.31 Å². The molecule has 2 rings (SSSR count). The predicted molar refractivity (Wildman–Crippen MR) is 93.2 cm³/mol. The summed E-state index contributed by atoms with van der Waals surface area (Å²) in [7, 11) is -2.09. The Morgan fingerprint density at radius 1 is 1.00 bits per heavy atom. The van der Waals surface area contributed by atoms with Gasteiger partial charge in [0, 0.05) is 24.7 Å². The number of sulfonamides is 1. The Morgan fingerprint density at radius 3 is 2.26 bits per heavy atom. The third-order valence-electron chi connectivity index (χ3n) is 3.09. The second-order valence-corrected chi connectivity index (χ2v) is 8.00. The monoisotopic (exact) mass is 393 g/mol. The Balaban J connectivity index is 1.97. The van der Waals surface area contributed by atoms with E-state index in [9.17, 15) is 8.42 Å². The summed E-state index contributed by atoms with van der Waals surface area (Å²) in [5, 5.41) is 1.29. The fourth-order valence-corrected chi connectivity index (χ4v) is 3.33. The van der Waals surface area contributed by atoms with Crippen molar-refractivity contribution in [2.75, 3.05) is 20.2 Å². The zero-order valence-corrected chi connectivity index (χ0v) is 15.3. The smallest absolute Gasteiger partial charge is 0.242 e. The number of hydrogen-bond acceptors (Lipinski definition) is 3. The van der Waals surface area contributed by atoms with Gasteiger partial charge in [-0.05, 0) is 36.4 Å². The largest absolute Gasteiger partial charge is 0.492 e. The number of halogens is 3. The summed E-state index contributed by atoms with van der Waals surface area (Å²) in [5.74, 6) is 0.525. The van der Waals surface area contributed by atoms with Gasteiger partial charge in [0.2, 0.25) is 10.0 Å². The highest BCUT2D eigenvalue weighted by Crippen LogP contribution is 2.26. The lowest BCUT2D eigenvalue weighted by atomic mass is 10.3. The van der Waals surface area contributed by atoms with E-state index < -0.39 is 10.0 Å². The van der Waals surface area contributed by atoms with E-state index in [0.29, 0.717) is 20.8 Å². The molecule has 0 aliphatic carbocycles. The van der Waals surface area contributed by atoms with E-state index in [4.69, 9.17) is 39.5 Å². The predicted octanol–water partition coefficient (Wildman–Crippen LogP) is 4.35. The van der Waals surface area contributed by atoms with Crippen LogP contribution in [0.1, 0.15) is 0 Å². The molecular formula is C15H14Cl3NO3S. The van der Waals surface area contributed by atoms with Gasteiger partial charge >= 0.3 is 0 Å². The lowest BCUT2D eigenvalue weighted by Crippen LogP contribution is -2.31. The second-order valence-electron chi connectivity index (χ2n) is 4.70. The molecule has 0 heterocycles. The van der Waals surface area contributed by atoms with E-state index in [1.165, 1.54) is 35.6 Å². The molecule has 23 heavy (non-hydrogen) atoms. The van der Waals surface area contributed by atoms with Crippen molar-refractivity contribution in [3.63, 3.8) is 0 Å². The zero-order valence-electron chi connectivity index (χ0n) is 12.2. The van der Waals surface area contributed by atoms with Crippen LogP contribution in [0.25, 0.3) is 0 Å². The molecule has 8 heteroatoms. The first-order valence-corrected chi connectivity index (χ1v) is 9.18. The molecule has 0 atom stereocenters. The van der Waals surface area contributed by atoms with Crippen LogP contribution in [0.5, 0.6) is 5.75 Å². The molecule has 0 saturated carbocycles. The summed E-state index contributed by atoms with van der Waals surface area (Å²) < 4.78 is 31.5. The van der Waals surface area contributed by atoms with E-state index >= 15 is 0 Å². The highest BCUT2D eigenvalue weighted by atomic mass is 35.5. The summed E-state index contributed by atoms with van der Waals surface area (Å²) in [6.07, 6.45) is 0. The van der Waals surface area contributed by atoms with Crippen LogP contribution in [0.3, 0.4) is 0 Å². The van der Waals surface area contributed by atoms with E-state index in [-0.39, 0.29) is 18.0 Å². The molecule has 0 unspecified atom stereocenters. The minimum Gasteiger partial charge on any atom is -0.492 e. The molecular weight excluding hydrogens is 381 g/mol. The molecule has 2 aromatic rings. The molecule has 0 bridgehead atoms. The standard InChI is InChI=1S/C15H14Cl3NO3S/c1-19(23(20,21)13-5-2-11(16)3-6-13)8-9-22-12-4-7-14(17)15(18)10-12/h2-7,10H,8-9H2,1H3. The van der Waals surface area contributed by atoms with Crippen LogP contribution >= 0.6 is 34.8 Å². The van der Waals surface area contributed by atoms with Gasteiger partial charge in [-0.2, -0.15) is 4.31 Å². The minimum absolute atomic E-state index is 0.180. The molecule has 2 aromatic carbocycles. The van der Waals surface area contributed by atoms with Crippen molar-refractivity contribution in [2.45, 2.75) is 4.90 Å². The molecule has 0 aliphatic rings. The van der Waals surface area contributed by atoms with Gasteiger partial charge < -0.3 is 4.74 Å². The van der Waals surface area contributed by atoms with Gasteiger partial charge in [0.1, 0.15) is 12.4 Å². The summed E-state index contributed by atoms with van der Waals surface area (Å²) in [5.41, 5.74) is 0. The maximum Gasteiger partial charge on any atom is 0.242 e. The Kier molecular flexibility index (Phi) is 6.17. The van der Waals surface area contributed by atoms with Crippen LogP contribution < -0.4 is 4.74 Å². The number of nitrogens with zero attached hydrogens (tertiary/aromatic N) is 1. The van der Waals surface area contributed by atoms with Gasteiger partial charge in [-0.1, -0.05) is 34.8 Å². The molecule has 0 aliphatic heterocycles. The molecule has 0 radical (unpaired) electrons. The van der Waals surface area contributed by atoms with Crippen molar-refractivity contribution < 1.29 is 13.2 Å². The van der Waals surface area contributed by atoms with Crippen LogP contribution in [0.15, 0.2) is 47.4 Å². The summed E-state index contributed by atoms with van der Waals surface area (Å²) in [4.78, 5) is 0.180. The van der Waals surface area contributed by atoms with Crippen LogP contribution in [-0.2, 0) is 10.0 Å². The van der Waals surface area contributed by atoms with Crippen molar-refractivity contribution in [3.8, 4) is 5.75 Å². The molecule has 0 spiro atoms. The topological polar surface area (TPSA) is 46.6 Å². The summed E-state index contributed by atoms with van der Waals surface area (Å²) in [6.45, 7) is 0.368. The maximum atomic E-state index is 12.4. The Morgan fingerprint density at radius 2 is 1.65 bits per heavy atom. The Labute approximate surface area is 150 Å². The van der Waals surface area contributed by atoms with Crippen molar-refractivity contribution >= 4 is 44.8 Å². The first kappa shape index (κ1) is 18.4. The van der Waals surface area contributed by atoms with Crippen LogP contribution in [0.4, 0.5) is 0 Å². The van der Waals surface area contributed by atoms with Gasteiger partial charge in [0.15, 0.2) is 0 Å². The average molecular weight is 395 g/mol. The van der Waals surface area contributed by atoms with Crippen LogP contribution in [-0.4, -0.2) is 32.9 Å². The lowest BCUT2D eigenvalue weighted by molar-refractivity contribution is 0.287. The van der Waals surface area contributed by atoms with E-state index in [1.807, 2.05) is 0 Å². The second kappa shape index (κ2) is 7.73. The SMILES string of the molecule is CN(CCOc1ccc(Cl)c(Cl)c1)S(=O)(=O)c1ccc(Cl)cc1. The average Bonchev–Trinajstić information content (AvgIpc) is 2.51. The van der Waals surface area contributed by atoms with Crippen molar-refractivity contribution in [1.29, 1.82) is 0 Å². The van der Waals surface area contributed by atoms with E-state index in [1.54, 1.807) is 18.2 Å². The van der Waals surface area contributed by atoms with Gasteiger partial charge in [-0.15, -0.1) is 0 Å². The fraction of sp³-hybridized carbons (Fsp3) is 0.200. The normalized spacial score (nSPS) is 11.7. The number of hydrogen-bond donors (Lipinski definition) is 0. The zero-order chi connectivity index (χ0) is 17.0. The molecule has 0 N–H and O–H groups in total. The molecule has 0 saturated heterocycles. The minimum atomic E-state index is -3.58. The third-order valence-corrected chi connectivity index (χ3v) is 5.95. The van der Waals surface area contributed by atoms with E-state index in [0.717, 1.165) is 0 Å². The molecule has 0 fully saturated rings. The Hall–Kier alpha value is -0.980. The molecule has 124 valence electrons. The van der Waals surface area contributed by atoms with Crippen LogP contribution in [0.2, 0.25) is 15.1 Å². The van der Waals surface area contributed by atoms with Crippen molar-refractivity contribution in [3.05, 3.63) is 57.5 Å². The first-order valence-electron chi connectivity index (χ1n) is 6.60. The highest BCUT2D eigenvalue weighted by molar-refractivity contribution is 7.89. The summed E-state index contributed by atoms with van der Waals surface area (Å²) >= 11 is 17.5. The third kappa shape index (κ3) is 4.75. The van der Waals surface area contributed by atoms with Gasteiger partial charge in [-0.25, -0.2) is 8.42 Å². The Bertz CT molecular complexity index is 779. The number of likely N-dealkylation sites (N-methyl/N-ethyl adjacent to an activating group) is 1. The number of ether oxygens (including phenoxy) is 1. The van der Waals surface area contributed by atoms with Crippen LogP contribution in [0, 0.1) is 0 Å². The van der Waals surface area contributed by atoms with Gasteiger partial charge in [-0.3, -0.25) is 0 Å². The first-order chi connectivity index (χ1) is 10.8.